The van der Waals surface area contributed by atoms with Crippen molar-refractivity contribution in [3.63, 3.8) is 0 Å². The highest BCUT2D eigenvalue weighted by Crippen LogP contribution is 2.20. The highest BCUT2D eigenvalue weighted by Gasteiger charge is 2.12. The summed E-state index contributed by atoms with van der Waals surface area (Å²) in [5.41, 5.74) is 2.98. The third-order valence-electron chi connectivity index (χ3n) is 4.34. The van der Waals surface area contributed by atoms with Crippen LogP contribution in [0.3, 0.4) is 0 Å². The van der Waals surface area contributed by atoms with Gasteiger partial charge in [-0.2, -0.15) is 0 Å². The number of halogens is 1. The minimum atomic E-state index is -3.07. The molecule has 0 atom stereocenters. The van der Waals surface area contributed by atoms with E-state index in [1.54, 1.807) is 42.5 Å². The van der Waals surface area contributed by atoms with Crippen molar-refractivity contribution in [2.45, 2.75) is 18.9 Å². The molecule has 3 aromatic rings. The third kappa shape index (κ3) is 6.61. The number of ether oxygens (including phenoxy) is 1. The number of para-hydroxylation sites is 1. The van der Waals surface area contributed by atoms with Gasteiger partial charge in [-0.25, -0.2) is 8.42 Å². The maximum absolute atomic E-state index is 12.7. The van der Waals surface area contributed by atoms with Crippen LogP contribution in [0.1, 0.15) is 27.0 Å². The van der Waals surface area contributed by atoms with Crippen molar-refractivity contribution in [1.82, 2.24) is 5.32 Å². The number of benzene rings is 3. The summed E-state index contributed by atoms with van der Waals surface area (Å²) in [7, 11) is -3.07. The molecule has 5 nitrogen and oxygen atoms in total. The Kier molecular flexibility index (Phi) is 7.13. The Balaban J connectivity index is 1.61. The number of hydrogen-bond acceptors (Lipinski definition) is 4. The van der Waals surface area contributed by atoms with Gasteiger partial charge in [0, 0.05) is 17.8 Å². The van der Waals surface area contributed by atoms with E-state index in [1.807, 2.05) is 30.3 Å². The first-order chi connectivity index (χ1) is 14.3. The first kappa shape index (κ1) is 21.9. The topological polar surface area (TPSA) is 72.5 Å². The largest absolute Gasteiger partial charge is 0.488 e. The van der Waals surface area contributed by atoms with Gasteiger partial charge in [0.05, 0.1) is 11.3 Å². The average molecular weight is 444 g/mol. The molecule has 0 fully saturated rings. The summed E-state index contributed by atoms with van der Waals surface area (Å²) in [6.45, 7) is 0.646. The molecular formula is C23H22ClNO4S. The monoisotopic (exact) mass is 443 g/mol. The molecule has 0 unspecified atom stereocenters. The van der Waals surface area contributed by atoms with Crippen molar-refractivity contribution in [3.05, 3.63) is 100 Å². The lowest BCUT2D eigenvalue weighted by atomic mass is 10.1. The second-order valence-corrected chi connectivity index (χ2v) is 9.56. The predicted octanol–water partition coefficient (Wildman–Crippen LogP) is 4.39. The van der Waals surface area contributed by atoms with Crippen molar-refractivity contribution >= 4 is 27.3 Å². The maximum Gasteiger partial charge on any atom is 0.255 e. The van der Waals surface area contributed by atoms with Crippen LogP contribution in [0, 0.1) is 0 Å². The highest BCUT2D eigenvalue weighted by atomic mass is 35.5. The average Bonchev–Trinajstić information content (AvgIpc) is 2.72. The number of rotatable bonds is 8. The van der Waals surface area contributed by atoms with Gasteiger partial charge < -0.3 is 10.1 Å². The zero-order chi connectivity index (χ0) is 21.6. The van der Waals surface area contributed by atoms with E-state index < -0.39 is 9.84 Å². The Morgan fingerprint density at radius 2 is 1.50 bits per heavy atom. The normalized spacial score (nSPS) is 11.1. The van der Waals surface area contributed by atoms with Crippen molar-refractivity contribution < 1.29 is 17.9 Å². The Morgan fingerprint density at radius 1 is 0.900 bits per heavy atom. The lowest BCUT2D eigenvalue weighted by Crippen LogP contribution is -2.23. The Hall–Kier alpha value is -2.83. The summed E-state index contributed by atoms with van der Waals surface area (Å²) in [6.07, 6.45) is 1.20. The molecule has 0 aliphatic rings. The standard InChI is InChI=1S/C23H22ClNO4S/c1-30(27,28)16-19-8-6-17(7-9-19)14-25-23(26)21-4-2-3-5-22(21)29-15-18-10-12-20(24)13-11-18/h2-13H,14-16H2,1H3,(H,25,26). The fourth-order valence-electron chi connectivity index (χ4n) is 2.86. The first-order valence-corrected chi connectivity index (χ1v) is 11.7. The van der Waals surface area contributed by atoms with Crippen LogP contribution in [0.5, 0.6) is 5.75 Å². The van der Waals surface area contributed by atoms with Crippen LogP contribution in [0.15, 0.2) is 72.8 Å². The summed E-state index contributed by atoms with van der Waals surface area (Å²) in [6, 6.07) is 21.5. The van der Waals surface area contributed by atoms with E-state index in [-0.39, 0.29) is 11.7 Å². The zero-order valence-electron chi connectivity index (χ0n) is 16.5. The van der Waals surface area contributed by atoms with Crippen molar-refractivity contribution in [1.29, 1.82) is 0 Å². The zero-order valence-corrected chi connectivity index (χ0v) is 18.0. The summed E-state index contributed by atoms with van der Waals surface area (Å²) < 4.78 is 28.6. The Labute approximate surface area is 181 Å². The molecule has 0 aromatic heterocycles. The van der Waals surface area contributed by atoms with Gasteiger partial charge in [-0.1, -0.05) is 60.1 Å². The third-order valence-corrected chi connectivity index (χ3v) is 5.45. The molecule has 3 aromatic carbocycles. The van der Waals surface area contributed by atoms with Gasteiger partial charge in [0.25, 0.3) is 5.91 Å². The molecule has 1 N–H and O–H groups in total. The number of nitrogens with one attached hydrogen (secondary N) is 1. The van der Waals surface area contributed by atoms with Crippen LogP contribution in [-0.4, -0.2) is 20.6 Å². The van der Waals surface area contributed by atoms with Gasteiger partial charge in [-0.15, -0.1) is 0 Å². The molecule has 0 bridgehead atoms. The Morgan fingerprint density at radius 3 is 2.17 bits per heavy atom. The lowest BCUT2D eigenvalue weighted by Gasteiger charge is -2.12. The maximum atomic E-state index is 12.7. The van der Waals surface area contributed by atoms with E-state index in [2.05, 4.69) is 5.32 Å². The number of sulfone groups is 1. The molecule has 3 rings (SSSR count). The summed E-state index contributed by atoms with van der Waals surface area (Å²) >= 11 is 5.90. The number of amides is 1. The highest BCUT2D eigenvalue weighted by molar-refractivity contribution is 7.89. The van der Waals surface area contributed by atoms with E-state index in [0.29, 0.717) is 35.1 Å². The molecular weight excluding hydrogens is 422 g/mol. The lowest BCUT2D eigenvalue weighted by molar-refractivity contribution is 0.0946. The number of hydrogen-bond donors (Lipinski definition) is 1. The van der Waals surface area contributed by atoms with E-state index in [4.69, 9.17) is 16.3 Å². The van der Waals surface area contributed by atoms with Crippen LogP contribution >= 0.6 is 11.6 Å². The molecule has 30 heavy (non-hydrogen) atoms. The van der Waals surface area contributed by atoms with E-state index in [9.17, 15) is 13.2 Å². The molecule has 1 amide bonds. The molecule has 0 aliphatic heterocycles. The van der Waals surface area contributed by atoms with Crippen molar-refractivity contribution in [2.75, 3.05) is 6.26 Å². The van der Waals surface area contributed by atoms with Crippen LogP contribution in [-0.2, 0) is 28.7 Å². The fourth-order valence-corrected chi connectivity index (χ4v) is 3.78. The van der Waals surface area contributed by atoms with Crippen molar-refractivity contribution in [2.24, 2.45) is 0 Å². The molecule has 7 heteroatoms. The molecule has 0 heterocycles. The number of carbonyl (C=O) groups excluding carboxylic acids is 1. The molecule has 0 spiro atoms. The van der Waals surface area contributed by atoms with E-state index >= 15 is 0 Å². The number of carbonyl (C=O) groups is 1. The van der Waals surface area contributed by atoms with Gasteiger partial charge in [0.15, 0.2) is 9.84 Å². The summed E-state index contributed by atoms with van der Waals surface area (Å²) in [5.74, 6) is 0.244. The minimum absolute atomic E-state index is 0.00201. The van der Waals surface area contributed by atoms with Crippen LogP contribution in [0.4, 0.5) is 0 Å². The molecule has 0 saturated carbocycles. The smallest absolute Gasteiger partial charge is 0.255 e. The van der Waals surface area contributed by atoms with Crippen LogP contribution in [0.2, 0.25) is 5.02 Å². The molecule has 0 radical (unpaired) electrons. The predicted molar refractivity (Wildman–Crippen MR) is 118 cm³/mol. The quantitative estimate of drug-likeness (QED) is 0.560. The van der Waals surface area contributed by atoms with Crippen LogP contribution in [0.25, 0.3) is 0 Å². The van der Waals surface area contributed by atoms with Gasteiger partial charge in [-0.05, 0) is 41.0 Å². The van der Waals surface area contributed by atoms with Crippen LogP contribution < -0.4 is 10.1 Å². The summed E-state index contributed by atoms with van der Waals surface area (Å²) in [5, 5.41) is 3.53. The van der Waals surface area contributed by atoms with Gasteiger partial charge in [-0.3, -0.25) is 4.79 Å². The Bertz CT molecular complexity index is 1110. The van der Waals surface area contributed by atoms with E-state index in [1.165, 1.54) is 6.26 Å². The summed E-state index contributed by atoms with van der Waals surface area (Å²) in [4.78, 5) is 12.7. The second-order valence-electron chi connectivity index (χ2n) is 6.98. The fraction of sp³-hybridized carbons (Fsp3) is 0.174. The van der Waals surface area contributed by atoms with E-state index in [0.717, 1.165) is 11.1 Å². The second kappa shape index (κ2) is 9.78. The molecule has 0 aliphatic carbocycles. The van der Waals surface area contributed by atoms with Gasteiger partial charge in [0.1, 0.15) is 12.4 Å². The van der Waals surface area contributed by atoms with Crippen molar-refractivity contribution in [3.8, 4) is 5.75 Å². The molecule has 156 valence electrons. The SMILES string of the molecule is CS(=O)(=O)Cc1ccc(CNC(=O)c2ccccc2OCc2ccc(Cl)cc2)cc1. The minimum Gasteiger partial charge on any atom is -0.488 e. The van der Waals surface area contributed by atoms with Gasteiger partial charge in [0.2, 0.25) is 0 Å². The first-order valence-electron chi connectivity index (χ1n) is 9.30. The molecule has 0 saturated heterocycles. The van der Waals surface area contributed by atoms with Gasteiger partial charge >= 0.3 is 0 Å².